The minimum Gasteiger partial charge on any atom is -0.366 e. The van der Waals surface area contributed by atoms with Gasteiger partial charge in [0.15, 0.2) is 0 Å². The molecule has 21 heavy (non-hydrogen) atoms. The fraction of sp³-hybridized carbons (Fsp3) is 0.615. The van der Waals surface area contributed by atoms with Crippen molar-refractivity contribution in [3.63, 3.8) is 0 Å². The number of aromatic nitrogens is 1. The van der Waals surface area contributed by atoms with E-state index in [-0.39, 0.29) is 17.7 Å². The number of hydrogen-bond donors (Lipinski definition) is 3. The lowest BCUT2D eigenvalue weighted by molar-refractivity contribution is -0.137. The van der Waals surface area contributed by atoms with E-state index in [4.69, 9.17) is 5.84 Å². The standard InChI is InChI=1S/C13H20F3N5/c1-9(8-21-4-2-3-5-21)18-11-6-10(13(14,15)16)7-12(19-11)20-17/h6-7,9H,2-5,8,17H2,1H3,(H2,18,19,20). The summed E-state index contributed by atoms with van der Waals surface area (Å²) in [5.74, 6) is 5.34. The van der Waals surface area contributed by atoms with Gasteiger partial charge in [-0.25, -0.2) is 10.8 Å². The molecule has 1 fully saturated rings. The first-order valence-electron chi connectivity index (χ1n) is 6.93. The summed E-state index contributed by atoms with van der Waals surface area (Å²) in [6, 6.07) is 1.89. The highest BCUT2D eigenvalue weighted by atomic mass is 19.4. The van der Waals surface area contributed by atoms with Gasteiger partial charge in [0.1, 0.15) is 11.6 Å². The number of likely N-dealkylation sites (tertiary alicyclic amines) is 1. The molecule has 0 aromatic carbocycles. The van der Waals surface area contributed by atoms with Crippen LogP contribution in [-0.4, -0.2) is 35.6 Å². The highest BCUT2D eigenvalue weighted by molar-refractivity contribution is 5.49. The van der Waals surface area contributed by atoms with Crippen LogP contribution in [0.4, 0.5) is 24.8 Å². The molecule has 2 rings (SSSR count). The molecule has 4 N–H and O–H groups in total. The van der Waals surface area contributed by atoms with Crippen LogP contribution in [0.5, 0.6) is 0 Å². The van der Waals surface area contributed by atoms with Gasteiger partial charge in [-0.15, -0.1) is 0 Å². The molecule has 0 aliphatic carbocycles. The van der Waals surface area contributed by atoms with Crippen LogP contribution in [0.15, 0.2) is 12.1 Å². The molecule has 0 radical (unpaired) electrons. The number of nitrogens with one attached hydrogen (secondary N) is 2. The molecule has 1 atom stereocenters. The van der Waals surface area contributed by atoms with Crippen LogP contribution in [0.2, 0.25) is 0 Å². The highest BCUT2D eigenvalue weighted by Crippen LogP contribution is 2.32. The van der Waals surface area contributed by atoms with Gasteiger partial charge >= 0.3 is 6.18 Å². The van der Waals surface area contributed by atoms with Crippen LogP contribution >= 0.6 is 0 Å². The van der Waals surface area contributed by atoms with Gasteiger partial charge in [-0.3, -0.25) is 0 Å². The van der Waals surface area contributed by atoms with E-state index >= 15 is 0 Å². The number of hydrogen-bond acceptors (Lipinski definition) is 5. The van der Waals surface area contributed by atoms with Gasteiger partial charge in [-0.2, -0.15) is 13.2 Å². The highest BCUT2D eigenvalue weighted by Gasteiger charge is 2.31. The summed E-state index contributed by atoms with van der Waals surface area (Å²) >= 11 is 0. The summed E-state index contributed by atoms with van der Waals surface area (Å²) in [5.41, 5.74) is 1.39. The van der Waals surface area contributed by atoms with Crippen LogP contribution in [0.3, 0.4) is 0 Å². The maximum atomic E-state index is 12.8. The average Bonchev–Trinajstić information content (AvgIpc) is 2.89. The average molecular weight is 303 g/mol. The number of rotatable bonds is 5. The number of hydrazine groups is 1. The molecule has 0 saturated carbocycles. The van der Waals surface area contributed by atoms with Crippen LogP contribution in [0.1, 0.15) is 25.3 Å². The lowest BCUT2D eigenvalue weighted by Crippen LogP contribution is -2.33. The Bertz CT molecular complexity index is 471. The van der Waals surface area contributed by atoms with Crippen molar-refractivity contribution in [3.8, 4) is 0 Å². The zero-order valence-electron chi connectivity index (χ0n) is 11.9. The maximum absolute atomic E-state index is 12.8. The molecular formula is C13H20F3N5. The predicted molar refractivity (Wildman–Crippen MR) is 75.8 cm³/mol. The first kappa shape index (κ1) is 15.8. The predicted octanol–water partition coefficient (Wildman–Crippen LogP) is 2.28. The second-order valence-electron chi connectivity index (χ2n) is 5.32. The van der Waals surface area contributed by atoms with Crippen molar-refractivity contribution >= 4 is 11.6 Å². The molecule has 1 aromatic rings. The van der Waals surface area contributed by atoms with Gasteiger partial charge in [0.05, 0.1) is 5.56 Å². The van der Waals surface area contributed by atoms with E-state index in [0.29, 0.717) is 0 Å². The topological polar surface area (TPSA) is 66.2 Å². The van der Waals surface area contributed by atoms with Crippen molar-refractivity contribution in [1.29, 1.82) is 0 Å². The second-order valence-corrected chi connectivity index (χ2v) is 5.32. The van der Waals surface area contributed by atoms with Gasteiger partial charge in [0, 0.05) is 12.6 Å². The van der Waals surface area contributed by atoms with E-state index in [1.54, 1.807) is 0 Å². The Morgan fingerprint density at radius 1 is 1.29 bits per heavy atom. The van der Waals surface area contributed by atoms with E-state index < -0.39 is 11.7 Å². The van der Waals surface area contributed by atoms with Crippen molar-refractivity contribution in [2.75, 3.05) is 30.4 Å². The third-order valence-electron chi connectivity index (χ3n) is 3.43. The summed E-state index contributed by atoms with van der Waals surface area (Å²) in [7, 11) is 0. The Hall–Kier alpha value is -1.54. The number of pyridine rings is 1. The molecule has 2 heterocycles. The van der Waals surface area contributed by atoms with Gasteiger partial charge in [-0.1, -0.05) is 0 Å². The Kier molecular flexibility index (Phi) is 4.89. The summed E-state index contributed by atoms with van der Waals surface area (Å²) in [4.78, 5) is 6.30. The van der Waals surface area contributed by atoms with Crippen molar-refractivity contribution < 1.29 is 13.2 Å². The van der Waals surface area contributed by atoms with Gasteiger partial charge in [0.25, 0.3) is 0 Å². The second kappa shape index (κ2) is 6.48. The van der Waals surface area contributed by atoms with Gasteiger partial charge < -0.3 is 15.6 Å². The normalized spacial score (nSPS) is 17.8. The van der Waals surface area contributed by atoms with Crippen molar-refractivity contribution in [2.24, 2.45) is 5.84 Å². The largest absolute Gasteiger partial charge is 0.416 e. The molecule has 1 saturated heterocycles. The smallest absolute Gasteiger partial charge is 0.366 e. The molecule has 1 unspecified atom stereocenters. The van der Waals surface area contributed by atoms with Crippen molar-refractivity contribution in [1.82, 2.24) is 9.88 Å². The lowest BCUT2D eigenvalue weighted by atomic mass is 10.2. The first-order chi connectivity index (χ1) is 9.88. The zero-order chi connectivity index (χ0) is 15.5. The SMILES string of the molecule is CC(CN1CCCC1)Nc1cc(C(F)(F)F)cc(NN)n1. The minimum atomic E-state index is -4.43. The quantitative estimate of drug-likeness (QED) is 0.575. The molecule has 1 aromatic heterocycles. The third-order valence-corrected chi connectivity index (χ3v) is 3.43. The van der Waals surface area contributed by atoms with Crippen LogP contribution in [0, 0.1) is 0 Å². The number of halogens is 3. The van der Waals surface area contributed by atoms with E-state index in [1.165, 1.54) is 12.8 Å². The Labute approximate surface area is 121 Å². The summed E-state index contributed by atoms with van der Waals surface area (Å²) in [6.07, 6.45) is -2.07. The summed E-state index contributed by atoms with van der Waals surface area (Å²) < 4.78 is 38.5. The van der Waals surface area contributed by atoms with Crippen LogP contribution in [0.25, 0.3) is 0 Å². The number of nitrogens with zero attached hydrogens (tertiary/aromatic N) is 2. The number of nitrogens with two attached hydrogens (primary N) is 1. The molecule has 0 spiro atoms. The first-order valence-corrected chi connectivity index (χ1v) is 6.93. The van der Waals surface area contributed by atoms with Crippen molar-refractivity contribution in [2.45, 2.75) is 32.0 Å². The van der Waals surface area contributed by atoms with E-state index in [9.17, 15) is 13.2 Å². The molecule has 1 aliphatic heterocycles. The van der Waals surface area contributed by atoms with Gasteiger partial charge in [-0.05, 0) is 45.0 Å². The molecule has 1 aliphatic rings. The minimum absolute atomic E-state index is 0.00436. The van der Waals surface area contributed by atoms with E-state index in [2.05, 4.69) is 20.6 Å². The number of alkyl halides is 3. The van der Waals surface area contributed by atoms with Crippen LogP contribution in [-0.2, 0) is 6.18 Å². The Morgan fingerprint density at radius 3 is 2.48 bits per heavy atom. The van der Waals surface area contributed by atoms with Crippen molar-refractivity contribution in [3.05, 3.63) is 17.7 Å². The van der Waals surface area contributed by atoms with Gasteiger partial charge in [0.2, 0.25) is 0 Å². The molecule has 118 valence electrons. The molecule has 8 heteroatoms. The zero-order valence-corrected chi connectivity index (χ0v) is 11.9. The fourth-order valence-corrected chi connectivity index (χ4v) is 2.49. The third kappa shape index (κ3) is 4.47. The molecule has 5 nitrogen and oxygen atoms in total. The number of anilines is 2. The Morgan fingerprint density at radius 2 is 1.90 bits per heavy atom. The summed E-state index contributed by atoms with van der Waals surface area (Å²) in [5, 5.41) is 3.01. The fourth-order valence-electron chi connectivity index (χ4n) is 2.49. The maximum Gasteiger partial charge on any atom is 0.416 e. The number of nitrogen functional groups attached to an aromatic ring is 1. The molecule has 0 amide bonds. The Balaban J connectivity index is 2.07. The van der Waals surface area contributed by atoms with E-state index in [0.717, 1.165) is 31.8 Å². The van der Waals surface area contributed by atoms with Crippen LogP contribution < -0.4 is 16.6 Å². The van der Waals surface area contributed by atoms with E-state index in [1.807, 2.05) is 6.92 Å². The lowest BCUT2D eigenvalue weighted by Gasteiger charge is -2.22. The summed E-state index contributed by atoms with van der Waals surface area (Å²) in [6.45, 7) is 4.79. The molecular weight excluding hydrogens is 283 g/mol. The monoisotopic (exact) mass is 303 g/mol. The molecule has 0 bridgehead atoms.